The van der Waals surface area contributed by atoms with E-state index in [-0.39, 0.29) is 41.1 Å². The SMILES string of the molecule is C=CC(/C=C\C(=C/C)c1nc(C(Cl)(Cl)Cl)nc(C(Cl)(Cl)Cl)n1)SCC(=O)OCC1=CCCC=C1. The van der Waals surface area contributed by atoms with E-state index in [0.717, 1.165) is 18.4 Å². The minimum atomic E-state index is -1.95. The van der Waals surface area contributed by atoms with Gasteiger partial charge in [0, 0.05) is 10.8 Å². The number of esters is 1. The number of allylic oxidation sites excluding steroid dienone is 5. The maximum absolute atomic E-state index is 12.1. The second-order valence-corrected chi connectivity index (χ2v) is 12.6. The standard InChI is InChI=1S/C22H21Cl6N3O2S/c1-3-15(18-29-19(21(23,24)25)31-20(30-18)22(26,27)28)10-11-16(4-2)34-13-17(32)33-12-14-8-6-5-7-9-14/h3-4,6,8-11,16H,2,5,7,12-13H2,1H3/b11-10-,15-3+. The van der Waals surface area contributed by atoms with Crippen molar-refractivity contribution in [3.05, 3.63) is 72.2 Å². The van der Waals surface area contributed by atoms with Gasteiger partial charge in [0.15, 0.2) is 17.5 Å². The van der Waals surface area contributed by atoms with Crippen molar-refractivity contribution >= 4 is 92.9 Å². The molecule has 34 heavy (non-hydrogen) atoms. The summed E-state index contributed by atoms with van der Waals surface area (Å²) in [6.45, 7) is 5.86. The zero-order valence-electron chi connectivity index (χ0n) is 18.0. The number of carbonyl (C=O) groups is 1. The van der Waals surface area contributed by atoms with Crippen LogP contribution in [-0.4, -0.2) is 38.5 Å². The molecule has 0 aliphatic heterocycles. The van der Waals surface area contributed by atoms with Crippen LogP contribution in [0.5, 0.6) is 0 Å². The molecule has 0 fully saturated rings. The molecular weight excluding hydrogens is 583 g/mol. The molecule has 1 aromatic rings. The number of carbonyl (C=O) groups excluding carboxylic acids is 1. The molecule has 1 atom stereocenters. The number of ether oxygens (including phenoxy) is 1. The Morgan fingerprint density at radius 3 is 2.29 bits per heavy atom. The summed E-state index contributed by atoms with van der Waals surface area (Å²) in [7, 11) is 0. The van der Waals surface area contributed by atoms with Gasteiger partial charge in [-0.15, -0.1) is 18.3 Å². The molecular formula is C22H21Cl6N3O2S. The lowest BCUT2D eigenvalue weighted by Gasteiger charge is -2.16. The van der Waals surface area contributed by atoms with Gasteiger partial charge in [-0.2, -0.15) is 0 Å². The molecule has 1 aromatic heterocycles. The summed E-state index contributed by atoms with van der Waals surface area (Å²) < 4.78 is 1.43. The van der Waals surface area contributed by atoms with Crippen molar-refractivity contribution in [3.63, 3.8) is 0 Å². The third kappa shape index (κ3) is 9.73. The first-order chi connectivity index (χ1) is 15.9. The predicted octanol–water partition coefficient (Wildman–Crippen LogP) is 7.59. The van der Waals surface area contributed by atoms with Crippen LogP contribution in [0.1, 0.15) is 37.2 Å². The normalized spacial score (nSPS) is 15.9. The Kier molecular flexibility index (Phi) is 11.8. The number of hydrogen-bond acceptors (Lipinski definition) is 6. The van der Waals surface area contributed by atoms with Crippen molar-refractivity contribution in [2.45, 2.75) is 32.6 Å². The molecule has 0 N–H and O–H groups in total. The fourth-order valence-corrected chi connectivity index (χ4v) is 3.85. The van der Waals surface area contributed by atoms with Gasteiger partial charge >= 0.3 is 5.97 Å². The highest BCUT2D eigenvalue weighted by molar-refractivity contribution is 8.00. The van der Waals surface area contributed by atoms with Crippen molar-refractivity contribution in [3.8, 4) is 0 Å². The van der Waals surface area contributed by atoms with Gasteiger partial charge in [0.25, 0.3) is 0 Å². The number of nitrogens with zero attached hydrogens (tertiary/aromatic N) is 3. The molecule has 1 aliphatic rings. The average molecular weight is 604 g/mol. The summed E-state index contributed by atoms with van der Waals surface area (Å²) in [5.74, 6) is -0.372. The number of rotatable bonds is 9. The van der Waals surface area contributed by atoms with Crippen molar-refractivity contribution < 1.29 is 9.53 Å². The van der Waals surface area contributed by atoms with Gasteiger partial charge in [0.05, 0.1) is 5.75 Å². The summed E-state index contributed by atoms with van der Waals surface area (Å²) in [5, 5.41) is -0.196. The third-order valence-corrected chi connectivity index (χ3v) is 6.43. The first-order valence-electron chi connectivity index (χ1n) is 9.94. The molecule has 1 heterocycles. The van der Waals surface area contributed by atoms with Gasteiger partial charge in [-0.1, -0.05) is 112 Å². The Labute approximate surface area is 233 Å². The molecule has 1 unspecified atom stereocenters. The van der Waals surface area contributed by atoms with Crippen molar-refractivity contribution in [1.29, 1.82) is 0 Å². The molecule has 2 rings (SSSR count). The Morgan fingerprint density at radius 1 is 1.15 bits per heavy atom. The molecule has 0 spiro atoms. The van der Waals surface area contributed by atoms with Crippen molar-refractivity contribution in [2.75, 3.05) is 12.4 Å². The molecule has 0 bridgehead atoms. The van der Waals surface area contributed by atoms with E-state index in [0.29, 0.717) is 5.57 Å². The molecule has 0 saturated carbocycles. The lowest BCUT2D eigenvalue weighted by Crippen LogP contribution is -2.17. The number of thioether (sulfide) groups is 1. The van der Waals surface area contributed by atoms with Crippen molar-refractivity contribution in [1.82, 2.24) is 15.0 Å². The Hall–Kier alpha value is -0.730. The maximum Gasteiger partial charge on any atom is 0.316 e. The monoisotopic (exact) mass is 601 g/mol. The summed E-state index contributed by atoms with van der Waals surface area (Å²) in [6.07, 6.45) is 15.1. The molecule has 1 aliphatic carbocycles. The largest absolute Gasteiger partial charge is 0.460 e. The highest BCUT2D eigenvalue weighted by Crippen LogP contribution is 2.40. The van der Waals surface area contributed by atoms with Crippen molar-refractivity contribution in [2.24, 2.45) is 0 Å². The van der Waals surface area contributed by atoms with E-state index in [4.69, 9.17) is 74.3 Å². The topological polar surface area (TPSA) is 65.0 Å². The molecule has 0 saturated heterocycles. The molecule has 0 amide bonds. The zero-order valence-corrected chi connectivity index (χ0v) is 23.3. The molecule has 5 nitrogen and oxygen atoms in total. The van der Waals surface area contributed by atoms with Gasteiger partial charge < -0.3 is 4.74 Å². The third-order valence-electron chi connectivity index (χ3n) is 4.27. The van der Waals surface area contributed by atoms with Crippen LogP contribution >= 0.6 is 81.4 Å². The smallest absolute Gasteiger partial charge is 0.316 e. The van der Waals surface area contributed by atoms with Gasteiger partial charge in [-0.25, -0.2) is 15.0 Å². The van der Waals surface area contributed by atoms with E-state index < -0.39 is 7.59 Å². The highest BCUT2D eigenvalue weighted by Gasteiger charge is 2.34. The van der Waals surface area contributed by atoms with E-state index in [1.165, 1.54) is 11.8 Å². The average Bonchev–Trinajstić information content (AvgIpc) is 2.79. The first kappa shape index (κ1) is 29.5. The molecule has 0 radical (unpaired) electrons. The molecule has 184 valence electrons. The van der Waals surface area contributed by atoms with Gasteiger partial charge in [-0.05, 0) is 25.3 Å². The second-order valence-electron chi connectivity index (χ2n) is 6.84. The number of alkyl halides is 6. The van der Waals surface area contributed by atoms with E-state index in [1.807, 2.05) is 12.2 Å². The summed E-state index contributed by atoms with van der Waals surface area (Å²) in [4.78, 5) is 24.5. The minimum absolute atomic E-state index is 0.150. The number of halogens is 6. The van der Waals surface area contributed by atoms with Crippen LogP contribution in [0.15, 0.2) is 54.7 Å². The van der Waals surface area contributed by atoms with E-state index in [9.17, 15) is 4.79 Å². The number of hydrogen-bond donors (Lipinski definition) is 0. The highest BCUT2D eigenvalue weighted by atomic mass is 35.6. The quantitative estimate of drug-likeness (QED) is 0.125. The second kappa shape index (κ2) is 13.5. The number of aromatic nitrogens is 3. The van der Waals surface area contributed by atoms with Crippen LogP contribution < -0.4 is 0 Å². The van der Waals surface area contributed by atoms with Crippen LogP contribution in [0, 0.1) is 0 Å². The zero-order chi connectivity index (χ0) is 25.4. The Balaban J connectivity index is 2.09. The van der Waals surface area contributed by atoms with E-state index in [1.54, 1.807) is 25.2 Å². The molecule has 12 heteroatoms. The van der Waals surface area contributed by atoms with E-state index >= 15 is 0 Å². The minimum Gasteiger partial charge on any atom is -0.460 e. The van der Waals surface area contributed by atoms with Crippen LogP contribution in [0.2, 0.25) is 0 Å². The van der Waals surface area contributed by atoms with Crippen LogP contribution in [-0.2, 0) is 17.1 Å². The Morgan fingerprint density at radius 2 is 1.79 bits per heavy atom. The fraction of sp³-hybridized carbons (Fsp3) is 0.364. The molecule has 0 aromatic carbocycles. The lowest BCUT2D eigenvalue weighted by molar-refractivity contribution is -0.139. The van der Waals surface area contributed by atoms with Gasteiger partial charge in [-0.3, -0.25) is 4.79 Å². The Bertz CT molecular complexity index is 981. The van der Waals surface area contributed by atoms with Gasteiger partial charge in [0.2, 0.25) is 7.59 Å². The fourth-order valence-electron chi connectivity index (χ4n) is 2.60. The van der Waals surface area contributed by atoms with E-state index in [2.05, 4.69) is 33.7 Å². The van der Waals surface area contributed by atoms with Gasteiger partial charge in [0.1, 0.15) is 6.61 Å². The predicted molar refractivity (Wildman–Crippen MR) is 145 cm³/mol. The van der Waals surface area contributed by atoms with Crippen LogP contribution in [0.4, 0.5) is 0 Å². The summed E-state index contributed by atoms with van der Waals surface area (Å²) in [5.41, 5.74) is 1.56. The lowest BCUT2D eigenvalue weighted by atomic mass is 10.1. The van der Waals surface area contributed by atoms with Crippen LogP contribution in [0.25, 0.3) is 5.57 Å². The maximum atomic E-state index is 12.1. The first-order valence-corrected chi connectivity index (χ1v) is 13.3. The van der Waals surface area contributed by atoms with Crippen LogP contribution in [0.3, 0.4) is 0 Å². The summed E-state index contributed by atoms with van der Waals surface area (Å²) >= 11 is 37.0. The summed E-state index contributed by atoms with van der Waals surface area (Å²) in [6, 6.07) is 0.